The van der Waals surface area contributed by atoms with Crippen LogP contribution in [0.1, 0.15) is 25.8 Å². The molecular formula is C9H15N5O2S. The van der Waals surface area contributed by atoms with Gasteiger partial charge in [-0.1, -0.05) is 11.8 Å². The fraction of sp³-hybridized carbons (Fsp3) is 0.778. The van der Waals surface area contributed by atoms with Crippen molar-refractivity contribution in [1.29, 1.82) is 0 Å². The van der Waals surface area contributed by atoms with Gasteiger partial charge in [-0.2, -0.15) is 0 Å². The summed E-state index contributed by atoms with van der Waals surface area (Å²) in [6, 6.07) is 0.401. The lowest BCUT2D eigenvalue weighted by Crippen LogP contribution is -2.49. The lowest BCUT2D eigenvalue weighted by molar-refractivity contribution is -0.142. The van der Waals surface area contributed by atoms with Crippen LogP contribution in [-0.2, 0) is 4.79 Å². The number of aromatic nitrogens is 4. The first-order valence-corrected chi connectivity index (χ1v) is 6.38. The molecule has 1 heterocycles. The van der Waals surface area contributed by atoms with Gasteiger partial charge in [0.25, 0.3) is 0 Å². The van der Waals surface area contributed by atoms with Crippen molar-refractivity contribution in [3.63, 3.8) is 0 Å². The summed E-state index contributed by atoms with van der Waals surface area (Å²) in [5.74, 6) is -0.496. The number of tetrazole rings is 1. The Labute approximate surface area is 103 Å². The number of hydrogen-bond acceptors (Lipinski definition) is 6. The molecule has 2 N–H and O–H groups in total. The molecule has 1 unspecified atom stereocenters. The van der Waals surface area contributed by atoms with E-state index in [0.29, 0.717) is 17.0 Å². The first-order chi connectivity index (χ1) is 8.07. The van der Waals surface area contributed by atoms with Crippen LogP contribution in [0.2, 0.25) is 0 Å². The highest BCUT2D eigenvalue weighted by Gasteiger charge is 2.33. The van der Waals surface area contributed by atoms with Gasteiger partial charge in [0.2, 0.25) is 5.16 Å². The molecule has 0 amide bonds. The summed E-state index contributed by atoms with van der Waals surface area (Å²) in [4.78, 5) is 11.1. The van der Waals surface area contributed by atoms with Crippen LogP contribution in [-0.4, -0.2) is 49.6 Å². The summed E-state index contributed by atoms with van der Waals surface area (Å²) in [6.07, 6.45) is 2.20. The normalized spacial score (nSPS) is 18.9. The predicted molar refractivity (Wildman–Crippen MR) is 61.9 cm³/mol. The van der Waals surface area contributed by atoms with Gasteiger partial charge in [0.1, 0.15) is 5.54 Å². The zero-order valence-electron chi connectivity index (χ0n) is 9.75. The monoisotopic (exact) mass is 257 g/mol. The van der Waals surface area contributed by atoms with E-state index in [4.69, 9.17) is 5.11 Å². The zero-order valence-corrected chi connectivity index (χ0v) is 10.6. The van der Waals surface area contributed by atoms with Gasteiger partial charge >= 0.3 is 5.97 Å². The van der Waals surface area contributed by atoms with Crippen molar-refractivity contribution in [2.75, 3.05) is 12.8 Å². The van der Waals surface area contributed by atoms with Crippen molar-refractivity contribution in [1.82, 2.24) is 25.5 Å². The molecule has 1 aromatic rings. The topological polar surface area (TPSA) is 92.9 Å². The third-order valence-electron chi connectivity index (χ3n) is 2.87. The first kappa shape index (κ1) is 12.3. The van der Waals surface area contributed by atoms with Crippen LogP contribution in [0.4, 0.5) is 0 Å². The van der Waals surface area contributed by atoms with E-state index >= 15 is 0 Å². The fourth-order valence-corrected chi connectivity index (χ4v) is 2.38. The molecule has 0 radical (unpaired) electrons. The van der Waals surface area contributed by atoms with Crippen LogP contribution >= 0.6 is 11.8 Å². The molecule has 1 aromatic heterocycles. The highest BCUT2D eigenvalue weighted by Crippen LogP contribution is 2.36. The maximum atomic E-state index is 11.1. The van der Waals surface area contributed by atoms with E-state index < -0.39 is 11.5 Å². The van der Waals surface area contributed by atoms with E-state index in [1.807, 2.05) is 0 Å². The summed E-state index contributed by atoms with van der Waals surface area (Å²) in [7, 11) is 1.64. The van der Waals surface area contributed by atoms with Crippen molar-refractivity contribution in [2.45, 2.75) is 36.5 Å². The summed E-state index contributed by atoms with van der Waals surface area (Å²) in [5, 5.41) is 24.1. The van der Waals surface area contributed by atoms with Crippen molar-refractivity contribution < 1.29 is 9.90 Å². The number of nitrogens with one attached hydrogen (secondary N) is 1. The first-order valence-electron chi connectivity index (χ1n) is 5.40. The van der Waals surface area contributed by atoms with Gasteiger partial charge in [-0.15, -0.1) is 5.10 Å². The van der Waals surface area contributed by atoms with Gasteiger partial charge in [0.05, 0.1) is 6.04 Å². The van der Waals surface area contributed by atoms with E-state index in [1.54, 1.807) is 18.7 Å². The molecular weight excluding hydrogens is 242 g/mol. The Bertz CT molecular complexity index is 419. The third kappa shape index (κ3) is 2.58. The Morgan fingerprint density at radius 3 is 2.94 bits per heavy atom. The molecule has 0 saturated heterocycles. The van der Waals surface area contributed by atoms with Gasteiger partial charge in [-0.25, -0.2) is 4.68 Å². The van der Waals surface area contributed by atoms with Crippen LogP contribution in [0.5, 0.6) is 0 Å². The second kappa shape index (κ2) is 4.61. The molecule has 0 aromatic carbocycles. The molecule has 0 bridgehead atoms. The Hall–Kier alpha value is -1.15. The minimum atomic E-state index is -0.967. The van der Waals surface area contributed by atoms with Crippen molar-refractivity contribution >= 4 is 17.7 Å². The summed E-state index contributed by atoms with van der Waals surface area (Å²) in [6.45, 7) is 1.65. The highest BCUT2D eigenvalue weighted by atomic mass is 32.2. The molecule has 17 heavy (non-hydrogen) atoms. The quantitative estimate of drug-likeness (QED) is 0.701. The van der Waals surface area contributed by atoms with Gasteiger partial charge in [0, 0.05) is 5.75 Å². The smallest absolute Gasteiger partial charge is 0.324 e. The van der Waals surface area contributed by atoms with Gasteiger partial charge in [-0.3, -0.25) is 4.79 Å². The van der Waals surface area contributed by atoms with E-state index in [9.17, 15) is 4.79 Å². The number of carboxylic acids is 1. The molecule has 1 fully saturated rings. The Morgan fingerprint density at radius 2 is 2.41 bits per heavy atom. The van der Waals surface area contributed by atoms with Crippen LogP contribution in [0.25, 0.3) is 0 Å². The SMILES string of the molecule is CNC(C)(CSc1nnnn1C1CC1)C(=O)O. The molecule has 1 aliphatic carbocycles. The van der Waals surface area contributed by atoms with Gasteiger partial charge in [0.15, 0.2) is 0 Å². The Kier molecular flexibility index (Phi) is 3.34. The van der Waals surface area contributed by atoms with Gasteiger partial charge < -0.3 is 10.4 Å². The largest absolute Gasteiger partial charge is 0.480 e. The van der Waals surface area contributed by atoms with E-state index in [0.717, 1.165) is 12.8 Å². The Morgan fingerprint density at radius 1 is 1.71 bits per heavy atom. The fourth-order valence-electron chi connectivity index (χ4n) is 1.28. The molecule has 1 atom stereocenters. The molecule has 0 spiro atoms. The number of thioether (sulfide) groups is 1. The summed E-state index contributed by atoms with van der Waals surface area (Å²) < 4.78 is 1.78. The number of carbonyl (C=O) groups is 1. The molecule has 2 rings (SSSR count). The zero-order chi connectivity index (χ0) is 12.5. The standard InChI is InChI=1S/C9H15N5O2S/c1-9(10-2,7(15)16)5-17-8-11-12-13-14(8)6-3-4-6/h6,10H,3-5H2,1-2H3,(H,15,16). The number of likely N-dealkylation sites (N-methyl/N-ethyl adjacent to an activating group) is 1. The van der Waals surface area contributed by atoms with E-state index in [1.165, 1.54) is 11.8 Å². The minimum Gasteiger partial charge on any atom is -0.480 e. The second-order valence-corrected chi connectivity index (χ2v) is 5.26. The molecule has 7 nitrogen and oxygen atoms in total. The summed E-state index contributed by atoms with van der Waals surface area (Å²) in [5.41, 5.74) is -0.967. The van der Waals surface area contributed by atoms with Crippen molar-refractivity contribution in [3.8, 4) is 0 Å². The third-order valence-corrected chi connectivity index (χ3v) is 4.12. The summed E-state index contributed by atoms with van der Waals surface area (Å²) >= 11 is 1.37. The highest BCUT2D eigenvalue weighted by molar-refractivity contribution is 7.99. The predicted octanol–water partition coefficient (Wildman–Crippen LogP) is 0.163. The molecule has 1 aliphatic rings. The van der Waals surface area contributed by atoms with Crippen LogP contribution in [0.3, 0.4) is 0 Å². The van der Waals surface area contributed by atoms with E-state index in [-0.39, 0.29) is 0 Å². The number of hydrogen-bond donors (Lipinski definition) is 2. The van der Waals surface area contributed by atoms with Crippen molar-refractivity contribution in [2.24, 2.45) is 0 Å². The second-order valence-electron chi connectivity index (χ2n) is 4.31. The van der Waals surface area contributed by atoms with Crippen LogP contribution in [0, 0.1) is 0 Å². The molecule has 94 valence electrons. The average molecular weight is 257 g/mol. The molecule has 0 aliphatic heterocycles. The maximum absolute atomic E-state index is 11.1. The molecule has 8 heteroatoms. The minimum absolute atomic E-state index is 0.381. The maximum Gasteiger partial charge on any atom is 0.324 e. The Balaban J connectivity index is 2.01. The van der Waals surface area contributed by atoms with E-state index in [2.05, 4.69) is 20.8 Å². The number of carboxylic acid groups (broad SMARTS) is 1. The number of nitrogens with zero attached hydrogens (tertiary/aromatic N) is 4. The number of aliphatic carboxylic acids is 1. The average Bonchev–Trinajstić information content (AvgIpc) is 3.05. The van der Waals surface area contributed by atoms with Crippen LogP contribution in [0.15, 0.2) is 5.16 Å². The lowest BCUT2D eigenvalue weighted by atomic mass is 10.1. The van der Waals surface area contributed by atoms with Crippen molar-refractivity contribution in [3.05, 3.63) is 0 Å². The molecule has 1 saturated carbocycles. The van der Waals surface area contributed by atoms with Gasteiger partial charge in [-0.05, 0) is 37.2 Å². The lowest BCUT2D eigenvalue weighted by Gasteiger charge is -2.22. The van der Waals surface area contributed by atoms with Crippen LogP contribution < -0.4 is 5.32 Å². The number of rotatable bonds is 6.